The van der Waals surface area contributed by atoms with Gasteiger partial charge in [-0.25, -0.2) is 4.79 Å². The highest BCUT2D eigenvalue weighted by atomic mass is 79.9. The number of nitrogens with zero attached hydrogens (tertiary/aromatic N) is 3. The standard InChI is InChI=1S/C21H25BrF3N3O3/c1-13-10-26(7-8-28(13)19(30)31-20(2,3)4)18(29)16-11-27(12-21(23,24)25)17-9-14(22)5-6-15(16)17/h5-6,9,11,13H,7-8,10,12H2,1-4H3/t13-/m0/s1. The fourth-order valence-corrected chi connectivity index (χ4v) is 4.01. The second-order valence-electron chi connectivity index (χ2n) is 8.72. The van der Waals surface area contributed by atoms with Crippen LogP contribution in [0.3, 0.4) is 0 Å². The van der Waals surface area contributed by atoms with E-state index in [1.807, 2.05) is 6.92 Å². The van der Waals surface area contributed by atoms with Gasteiger partial charge in [0.05, 0.1) is 11.1 Å². The summed E-state index contributed by atoms with van der Waals surface area (Å²) in [7, 11) is 0. The van der Waals surface area contributed by atoms with E-state index < -0.39 is 24.4 Å². The number of halogens is 4. The van der Waals surface area contributed by atoms with Gasteiger partial charge in [-0.2, -0.15) is 13.2 Å². The first-order valence-corrected chi connectivity index (χ1v) is 10.7. The third-order valence-electron chi connectivity index (χ3n) is 4.97. The highest BCUT2D eigenvalue weighted by Crippen LogP contribution is 2.29. The van der Waals surface area contributed by atoms with Gasteiger partial charge in [-0.3, -0.25) is 4.79 Å². The second kappa shape index (κ2) is 8.37. The van der Waals surface area contributed by atoms with Gasteiger partial charge >= 0.3 is 12.3 Å². The number of benzene rings is 1. The van der Waals surface area contributed by atoms with E-state index in [0.717, 1.165) is 4.57 Å². The van der Waals surface area contributed by atoms with E-state index in [9.17, 15) is 22.8 Å². The predicted molar refractivity (Wildman–Crippen MR) is 114 cm³/mol. The zero-order valence-corrected chi connectivity index (χ0v) is 19.4. The fourth-order valence-electron chi connectivity index (χ4n) is 3.66. The summed E-state index contributed by atoms with van der Waals surface area (Å²) < 4.78 is 46.2. The average Bonchev–Trinajstić information content (AvgIpc) is 2.95. The summed E-state index contributed by atoms with van der Waals surface area (Å²) in [6, 6.07) is 4.62. The number of ether oxygens (including phenoxy) is 1. The first-order chi connectivity index (χ1) is 14.2. The molecule has 10 heteroatoms. The highest BCUT2D eigenvalue weighted by Gasteiger charge is 2.34. The average molecular weight is 504 g/mol. The molecule has 31 heavy (non-hydrogen) atoms. The Morgan fingerprint density at radius 2 is 1.87 bits per heavy atom. The number of carbonyl (C=O) groups excluding carboxylic acids is 2. The van der Waals surface area contributed by atoms with Crippen LogP contribution in [0, 0.1) is 0 Å². The van der Waals surface area contributed by atoms with Crippen LogP contribution in [0.15, 0.2) is 28.9 Å². The summed E-state index contributed by atoms with van der Waals surface area (Å²) in [5.41, 5.74) is -0.0848. The molecule has 0 saturated carbocycles. The SMILES string of the molecule is C[C@H]1CN(C(=O)c2cn(CC(F)(F)F)c3cc(Br)ccc23)CCN1C(=O)OC(C)(C)C. The molecule has 1 fully saturated rings. The van der Waals surface area contributed by atoms with Gasteiger partial charge in [-0.05, 0) is 39.8 Å². The fraction of sp³-hybridized carbons (Fsp3) is 0.524. The lowest BCUT2D eigenvalue weighted by molar-refractivity contribution is -0.139. The second-order valence-corrected chi connectivity index (χ2v) is 9.64. The molecule has 2 heterocycles. The van der Waals surface area contributed by atoms with E-state index in [1.54, 1.807) is 48.8 Å². The molecule has 0 N–H and O–H groups in total. The van der Waals surface area contributed by atoms with Crippen LogP contribution in [0.25, 0.3) is 10.9 Å². The highest BCUT2D eigenvalue weighted by molar-refractivity contribution is 9.10. The maximum Gasteiger partial charge on any atom is 0.410 e. The Kier molecular flexibility index (Phi) is 6.32. The lowest BCUT2D eigenvalue weighted by atomic mass is 10.1. The maximum absolute atomic E-state index is 13.2. The minimum atomic E-state index is -4.41. The van der Waals surface area contributed by atoms with Crippen molar-refractivity contribution in [3.63, 3.8) is 0 Å². The van der Waals surface area contributed by atoms with Crippen LogP contribution >= 0.6 is 15.9 Å². The molecule has 1 aliphatic rings. The molecule has 0 aliphatic carbocycles. The topological polar surface area (TPSA) is 54.8 Å². The third-order valence-corrected chi connectivity index (χ3v) is 5.46. The molecule has 1 aromatic carbocycles. The molecule has 0 radical (unpaired) electrons. The van der Waals surface area contributed by atoms with Crippen LogP contribution in [0.1, 0.15) is 38.1 Å². The smallest absolute Gasteiger partial charge is 0.410 e. The molecular weight excluding hydrogens is 479 g/mol. The molecule has 2 aromatic rings. The molecule has 1 aromatic heterocycles. The molecule has 0 unspecified atom stereocenters. The van der Waals surface area contributed by atoms with Gasteiger partial charge < -0.3 is 19.1 Å². The Morgan fingerprint density at radius 3 is 2.45 bits per heavy atom. The molecular formula is C21H25BrF3N3O3. The van der Waals surface area contributed by atoms with E-state index in [4.69, 9.17) is 4.74 Å². The molecule has 1 aliphatic heterocycles. The summed E-state index contributed by atoms with van der Waals surface area (Å²) in [6.07, 6.45) is -3.60. The van der Waals surface area contributed by atoms with Crippen molar-refractivity contribution in [3.05, 3.63) is 34.4 Å². The first kappa shape index (κ1) is 23.4. The molecule has 1 saturated heterocycles. The molecule has 0 bridgehead atoms. The van der Waals surface area contributed by atoms with Gasteiger partial charge in [-0.1, -0.05) is 22.0 Å². The summed E-state index contributed by atoms with van der Waals surface area (Å²) in [6.45, 7) is 6.79. The molecule has 170 valence electrons. The van der Waals surface area contributed by atoms with Crippen molar-refractivity contribution >= 4 is 38.8 Å². The number of aromatic nitrogens is 1. The van der Waals surface area contributed by atoms with Gasteiger partial charge in [0.15, 0.2) is 0 Å². The summed E-state index contributed by atoms with van der Waals surface area (Å²) in [5.74, 6) is -0.357. The van der Waals surface area contributed by atoms with Gasteiger partial charge in [0.2, 0.25) is 0 Å². The zero-order valence-electron chi connectivity index (χ0n) is 17.8. The van der Waals surface area contributed by atoms with Crippen molar-refractivity contribution in [2.75, 3.05) is 19.6 Å². The third kappa shape index (κ3) is 5.53. The summed E-state index contributed by atoms with van der Waals surface area (Å²) in [5, 5.41) is 0.458. The Labute approximate surface area is 187 Å². The van der Waals surface area contributed by atoms with Gasteiger partial charge in [-0.15, -0.1) is 0 Å². The number of piperazine rings is 1. The Morgan fingerprint density at radius 1 is 1.19 bits per heavy atom. The van der Waals surface area contributed by atoms with Crippen LogP contribution < -0.4 is 0 Å². The van der Waals surface area contributed by atoms with Crippen molar-refractivity contribution < 1.29 is 27.5 Å². The normalized spacial score (nSPS) is 17.9. The molecule has 1 atom stereocenters. The Bertz CT molecular complexity index is 997. The van der Waals surface area contributed by atoms with Crippen molar-refractivity contribution in [1.29, 1.82) is 0 Å². The lowest BCUT2D eigenvalue weighted by Gasteiger charge is -2.40. The van der Waals surface area contributed by atoms with Crippen LogP contribution in [0.4, 0.5) is 18.0 Å². The maximum atomic E-state index is 13.2. The van der Waals surface area contributed by atoms with Crippen LogP contribution in [-0.4, -0.2) is 63.8 Å². The summed E-state index contributed by atoms with van der Waals surface area (Å²) in [4.78, 5) is 28.8. The van der Waals surface area contributed by atoms with E-state index >= 15 is 0 Å². The van der Waals surface area contributed by atoms with Crippen molar-refractivity contribution in [3.8, 4) is 0 Å². The Hall–Kier alpha value is -2.23. The minimum Gasteiger partial charge on any atom is -0.444 e. The van der Waals surface area contributed by atoms with Gasteiger partial charge in [0, 0.05) is 41.7 Å². The summed E-state index contributed by atoms with van der Waals surface area (Å²) >= 11 is 3.28. The molecule has 3 rings (SSSR count). The van der Waals surface area contributed by atoms with E-state index in [1.165, 1.54) is 6.20 Å². The van der Waals surface area contributed by atoms with E-state index in [0.29, 0.717) is 15.4 Å². The molecule has 2 amide bonds. The monoisotopic (exact) mass is 503 g/mol. The van der Waals surface area contributed by atoms with E-state index in [-0.39, 0.29) is 37.1 Å². The lowest BCUT2D eigenvalue weighted by Crippen LogP contribution is -2.56. The van der Waals surface area contributed by atoms with Crippen LogP contribution in [-0.2, 0) is 11.3 Å². The van der Waals surface area contributed by atoms with E-state index in [2.05, 4.69) is 15.9 Å². The quantitative estimate of drug-likeness (QED) is 0.576. The number of hydrogen-bond donors (Lipinski definition) is 0. The molecule has 0 spiro atoms. The van der Waals surface area contributed by atoms with Gasteiger partial charge in [0.25, 0.3) is 5.91 Å². The zero-order chi connectivity index (χ0) is 23.1. The van der Waals surface area contributed by atoms with Crippen LogP contribution in [0.5, 0.6) is 0 Å². The molecule has 6 nitrogen and oxygen atoms in total. The largest absolute Gasteiger partial charge is 0.444 e. The number of hydrogen-bond acceptors (Lipinski definition) is 3. The number of fused-ring (bicyclic) bond motifs is 1. The number of carbonyl (C=O) groups is 2. The first-order valence-electron chi connectivity index (χ1n) is 9.89. The number of rotatable bonds is 2. The predicted octanol–water partition coefficient (Wildman–Crippen LogP) is 5.05. The van der Waals surface area contributed by atoms with Gasteiger partial charge in [0.1, 0.15) is 12.1 Å². The number of alkyl halides is 3. The number of amides is 2. The Balaban J connectivity index is 1.83. The minimum absolute atomic E-state index is 0.213. The van der Waals surface area contributed by atoms with Crippen molar-refractivity contribution in [1.82, 2.24) is 14.4 Å². The van der Waals surface area contributed by atoms with Crippen molar-refractivity contribution in [2.45, 2.75) is 52.1 Å². The van der Waals surface area contributed by atoms with Crippen molar-refractivity contribution in [2.24, 2.45) is 0 Å². The van der Waals surface area contributed by atoms with Crippen LogP contribution in [0.2, 0.25) is 0 Å².